The summed E-state index contributed by atoms with van der Waals surface area (Å²) in [7, 11) is 1.74. The number of hydrogen-bond acceptors (Lipinski definition) is 6. The van der Waals surface area contributed by atoms with Crippen molar-refractivity contribution in [2.75, 3.05) is 18.0 Å². The molecule has 1 aliphatic carbocycles. The first-order valence-electron chi connectivity index (χ1n) is 9.26. The van der Waals surface area contributed by atoms with Crippen molar-refractivity contribution in [3.8, 4) is 0 Å². The van der Waals surface area contributed by atoms with Crippen LogP contribution in [0.25, 0.3) is 10.9 Å². The number of anilines is 1. The summed E-state index contributed by atoms with van der Waals surface area (Å²) in [6, 6.07) is 3.44. The molecule has 3 aromatic heterocycles. The minimum Gasteiger partial charge on any atom is -0.341 e. The van der Waals surface area contributed by atoms with Gasteiger partial charge in [0.15, 0.2) is 0 Å². The fourth-order valence-corrected chi connectivity index (χ4v) is 4.06. The van der Waals surface area contributed by atoms with Gasteiger partial charge in [-0.1, -0.05) is 0 Å². The van der Waals surface area contributed by atoms with E-state index in [2.05, 4.69) is 20.0 Å². The summed E-state index contributed by atoms with van der Waals surface area (Å²) in [6.07, 6.45) is 6.23. The van der Waals surface area contributed by atoms with Gasteiger partial charge < -0.3 is 4.90 Å². The van der Waals surface area contributed by atoms with Crippen LogP contribution in [0.15, 0.2) is 34.1 Å². The van der Waals surface area contributed by atoms with Crippen LogP contribution < -0.4 is 16.0 Å². The Labute approximate surface area is 155 Å². The van der Waals surface area contributed by atoms with Crippen molar-refractivity contribution in [2.24, 2.45) is 13.0 Å². The topological polar surface area (TPSA) is 85.9 Å². The number of aryl methyl sites for hydroxylation is 2. The molecule has 0 atom stereocenters. The predicted molar refractivity (Wildman–Crippen MR) is 101 cm³/mol. The minimum absolute atomic E-state index is 0.0172. The van der Waals surface area contributed by atoms with E-state index in [9.17, 15) is 9.59 Å². The van der Waals surface area contributed by atoms with Crippen molar-refractivity contribution in [1.29, 1.82) is 0 Å². The maximum absolute atomic E-state index is 12.5. The molecule has 0 N–H and O–H groups in total. The van der Waals surface area contributed by atoms with Crippen LogP contribution in [0.2, 0.25) is 0 Å². The molecule has 0 unspecified atom stereocenters. The van der Waals surface area contributed by atoms with Crippen LogP contribution in [0, 0.1) is 5.92 Å². The molecule has 5 rings (SSSR count). The Bertz CT molecular complexity index is 1160. The summed E-state index contributed by atoms with van der Waals surface area (Å²) in [5, 5.41) is 5.12. The van der Waals surface area contributed by atoms with Gasteiger partial charge >= 0.3 is 0 Å². The lowest BCUT2D eigenvalue weighted by molar-refractivity contribution is 0.327. The van der Waals surface area contributed by atoms with Crippen LogP contribution in [-0.4, -0.2) is 37.4 Å². The second-order valence-electron chi connectivity index (χ2n) is 7.43. The van der Waals surface area contributed by atoms with Crippen molar-refractivity contribution in [1.82, 2.24) is 24.3 Å². The molecule has 138 valence electrons. The highest BCUT2D eigenvalue weighted by atomic mass is 16.1. The van der Waals surface area contributed by atoms with Crippen LogP contribution in [0.5, 0.6) is 0 Å². The highest BCUT2D eigenvalue weighted by Gasteiger charge is 2.31. The molecule has 0 bridgehead atoms. The lowest BCUT2D eigenvalue weighted by Crippen LogP contribution is -2.51. The van der Waals surface area contributed by atoms with Crippen LogP contribution in [0.4, 0.5) is 5.95 Å². The second kappa shape index (κ2) is 6.00. The van der Waals surface area contributed by atoms with E-state index in [1.807, 2.05) is 0 Å². The smallest absolute Gasteiger partial charge is 0.267 e. The molecule has 0 saturated carbocycles. The van der Waals surface area contributed by atoms with Crippen LogP contribution >= 0.6 is 0 Å². The van der Waals surface area contributed by atoms with Gasteiger partial charge in [-0.05, 0) is 30.9 Å². The van der Waals surface area contributed by atoms with Gasteiger partial charge in [-0.15, -0.1) is 0 Å². The van der Waals surface area contributed by atoms with Gasteiger partial charge in [0.05, 0.1) is 29.3 Å². The Morgan fingerprint density at radius 1 is 1.22 bits per heavy atom. The predicted octanol–water partition coefficient (Wildman–Crippen LogP) is 0.510. The van der Waals surface area contributed by atoms with Gasteiger partial charge in [0.2, 0.25) is 5.95 Å². The molecule has 2 aliphatic rings. The molecule has 0 spiro atoms. The molecule has 0 amide bonds. The van der Waals surface area contributed by atoms with E-state index in [1.165, 1.54) is 0 Å². The lowest BCUT2D eigenvalue weighted by atomic mass is 10.0. The number of fused-ring (bicyclic) bond motifs is 2. The zero-order valence-corrected chi connectivity index (χ0v) is 15.1. The van der Waals surface area contributed by atoms with E-state index < -0.39 is 0 Å². The number of nitrogens with zero attached hydrogens (tertiary/aromatic N) is 6. The normalized spacial score (nSPS) is 16.6. The Morgan fingerprint density at radius 2 is 2.07 bits per heavy atom. The number of rotatable bonds is 3. The number of hydrogen-bond donors (Lipinski definition) is 0. The molecule has 1 fully saturated rings. The molecular formula is C19H20N6O2. The van der Waals surface area contributed by atoms with Gasteiger partial charge in [-0.3, -0.25) is 19.1 Å². The first-order valence-corrected chi connectivity index (χ1v) is 9.26. The van der Waals surface area contributed by atoms with Crippen molar-refractivity contribution in [3.63, 3.8) is 0 Å². The maximum atomic E-state index is 12.5. The first-order chi connectivity index (χ1) is 13.1. The largest absolute Gasteiger partial charge is 0.341 e. The van der Waals surface area contributed by atoms with Crippen LogP contribution in [0.1, 0.15) is 17.7 Å². The third-order valence-corrected chi connectivity index (χ3v) is 5.55. The summed E-state index contributed by atoms with van der Waals surface area (Å²) in [5.74, 6) is 0.960. The molecule has 8 heteroatoms. The van der Waals surface area contributed by atoms with Gasteiger partial charge in [-0.2, -0.15) is 5.10 Å². The molecule has 3 aromatic rings. The molecule has 0 aromatic carbocycles. The standard InChI is InChI=1S/C19H20N6O2/c1-23-18(27)14-5-6-20-8-16(14)21-19(23)24-9-12(10-24)11-25-17(26)7-13-3-2-4-15(13)22-25/h5-8,12H,2-4,9-11H2,1H3. The van der Waals surface area contributed by atoms with Crippen molar-refractivity contribution in [3.05, 3.63) is 56.5 Å². The summed E-state index contributed by atoms with van der Waals surface area (Å²) >= 11 is 0. The average Bonchev–Trinajstić information content (AvgIpc) is 3.08. The van der Waals surface area contributed by atoms with E-state index in [1.54, 1.807) is 40.8 Å². The monoisotopic (exact) mass is 364 g/mol. The van der Waals surface area contributed by atoms with Crippen LogP contribution in [0.3, 0.4) is 0 Å². The molecule has 27 heavy (non-hydrogen) atoms. The highest BCUT2D eigenvalue weighted by Crippen LogP contribution is 2.24. The minimum atomic E-state index is -0.0719. The zero-order valence-electron chi connectivity index (χ0n) is 15.1. The Hall–Kier alpha value is -3.03. The van der Waals surface area contributed by atoms with E-state index in [0.29, 0.717) is 29.3 Å². The molecule has 1 aliphatic heterocycles. The van der Waals surface area contributed by atoms with Gasteiger partial charge in [-0.25, -0.2) is 9.67 Å². The van der Waals surface area contributed by atoms with Crippen molar-refractivity contribution in [2.45, 2.75) is 25.8 Å². The Kier molecular flexibility index (Phi) is 3.60. The fraction of sp³-hybridized carbons (Fsp3) is 0.421. The van der Waals surface area contributed by atoms with Crippen molar-refractivity contribution < 1.29 is 0 Å². The van der Waals surface area contributed by atoms with E-state index in [0.717, 1.165) is 43.6 Å². The third kappa shape index (κ3) is 2.63. The number of aromatic nitrogens is 5. The molecule has 4 heterocycles. The zero-order chi connectivity index (χ0) is 18.5. The quantitative estimate of drug-likeness (QED) is 0.673. The molecule has 0 radical (unpaired) electrons. The Balaban J connectivity index is 1.36. The Morgan fingerprint density at radius 3 is 2.93 bits per heavy atom. The SMILES string of the molecule is Cn1c(N2CC(Cn3nc4c(cc3=O)CCC4)C2)nc2cnccc2c1=O. The fourth-order valence-electron chi connectivity index (χ4n) is 4.06. The average molecular weight is 364 g/mol. The van der Waals surface area contributed by atoms with Crippen molar-refractivity contribution >= 4 is 16.9 Å². The van der Waals surface area contributed by atoms with Gasteiger partial charge in [0, 0.05) is 38.3 Å². The van der Waals surface area contributed by atoms with Gasteiger partial charge in [0.25, 0.3) is 11.1 Å². The first kappa shape index (κ1) is 16.2. The maximum Gasteiger partial charge on any atom is 0.267 e. The summed E-state index contributed by atoms with van der Waals surface area (Å²) in [4.78, 5) is 35.5. The lowest BCUT2D eigenvalue weighted by Gasteiger charge is -2.40. The number of pyridine rings is 1. The third-order valence-electron chi connectivity index (χ3n) is 5.55. The second-order valence-corrected chi connectivity index (χ2v) is 7.43. The van der Waals surface area contributed by atoms with Crippen LogP contribution in [-0.2, 0) is 26.4 Å². The van der Waals surface area contributed by atoms with Gasteiger partial charge in [0.1, 0.15) is 0 Å². The molecule has 1 saturated heterocycles. The van der Waals surface area contributed by atoms with E-state index in [4.69, 9.17) is 0 Å². The summed E-state index contributed by atoms with van der Waals surface area (Å²) in [5.41, 5.74) is 2.69. The van der Waals surface area contributed by atoms with E-state index in [-0.39, 0.29) is 11.1 Å². The summed E-state index contributed by atoms with van der Waals surface area (Å²) < 4.78 is 3.18. The summed E-state index contributed by atoms with van der Waals surface area (Å²) in [6.45, 7) is 2.10. The highest BCUT2D eigenvalue weighted by molar-refractivity contribution is 5.77. The van der Waals surface area contributed by atoms with E-state index >= 15 is 0 Å². The molecule has 8 nitrogen and oxygen atoms in total. The molecular weight excluding hydrogens is 344 g/mol.